The first kappa shape index (κ1) is 13.5. The van der Waals surface area contributed by atoms with E-state index < -0.39 is 0 Å². The van der Waals surface area contributed by atoms with Gasteiger partial charge in [-0.3, -0.25) is 4.79 Å². The molecule has 0 aromatic carbocycles. The Morgan fingerprint density at radius 3 is 2.62 bits per heavy atom. The molecule has 0 aromatic rings. The van der Waals surface area contributed by atoms with Crippen LogP contribution >= 0.6 is 0 Å². The van der Waals surface area contributed by atoms with Crippen LogP contribution in [0, 0.1) is 5.92 Å². The number of hydrogen-bond acceptors (Lipinski definition) is 2. The van der Waals surface area contributed by atoms with Crippen LogP contribution in [-0.2, 0) is 4.79 Å². The Hall–Kier alpha value is -0.570. The summed E-state index contributed by atoms with van der Waals surface area (Å²) < 4.78 is 0. The van der Waals surface area contributed by atoms with Crippen molar-refractivity contribution in [1.29, 1.82) is 0 Å². The Morgan fingerprint density at radius 2 is 2.12 bits per heavy atom. The smallest absolute Gasteiger partial charge is 0.220 e. The van der Waals surface area contributed by atoms with Gasteiger partial charge in [-0.1, -0.05) is 19.8 Å². The lowest BCUT2D eigenvalue weighted by atomic mass is 9.96. The van der Waals surface area contributed by atoms with Crippen molar-refractivity contribution in [2.45, 2.75) is 70.9 Å². The Morgan fingerprint density at radius 1 is 1.44 bits per heavy atom. The van der Waals surface area contributed by atoms with Gasteiger partial charge in [0.1, 0.15) is 0 Å². The molecule has 1 aliphatic rings. The molecule has 3 heteroatoms. The van der Waals surface area contributed by atoms with E-state index in [0.29, 0.717) is 12.3 Å². The van der Waals surface area contributed by atoms with Crippen LogP contribution in [0.15, 0.2) is 0 Å². The number of nitrogens with one attached hydrogen (secondary N) is 1. The van der Waals surface area contributed by atoms with Gasteiger partial charge >= 0.3 is 0 Å². The fourth-order valence-corrected chi connectivity index (χ4v) is 2.67. The van der Waals surface area contributed by atoms with E-state index in [-0.39, 0.29) is 17.5 Å². The van der Waals surface area contributed by atoms with E-state index in [1.165, 1.54) is 6.42 Å². The second-order valence-corrected chi connectivity index (χ2v) is 5.74. The first-order chi connectivity index (χ1) is 7.44. The van der Waals surface area contributed by atoms with Gasteiger partial charge in [0, 0.05) is 18.0 Å². The molecule has 3 nitrogen and oxygen atoms in total. The molecule has 0 spiro atoms. The summed E-state index contributed by atoms with van der Waals surface area (Å²) >= 11 is 0. The van der Waals surface area contributed by atoms with Gasteiger partial charge in [-0.2, -0.15) is 0 Å². The second kappa shape index (κ2) is 5.67. The highest BCUT2D eigenvalue weighted by molar-refractivity contribution is 5.77. The average Bonchev–Trinajstić information content (AvgIpc) is 2.50. The first-order valence-electron chi connectivity index (χ1n) is 6.51. The zero-order chi connectivity index (χ0) is 12.2. The van der Waals surface area contributed by atoms with E-state index in [9.17, 15) is 4.79 Å². The van der Waals surface area contributed by atoms with Gasteiger partial charge in [-0.05, 0) is 39.0 Å². The molecular formula is C13H26N2O. The largest absolute Gasteiger partial charge is 0.351 e. The molecule has 0 bridgehead atoms. The van der Waals surface area contributed by atoms with Crippen LogP contribution in [0.5, 0.6) is 0 Å². The van der Waals surface area contributed by atoms with Crippen molar-refractivity contribution in [3.8, 4) is 0 Å². The fourth-order valence-electron chi connectivity index (χ4n) is 2.67. The molecule has 3 N–H and O–H groups in total. The maximum atomic E-state index is 11.9. The zero-order valence-corrected chi connectivity index (χ0v) is 10.9. The standard InChI is InChI=1S/C13H26N2O/c1-4-8-13(2,3)15-12(16)9-10-6-5-7-11(10)14/h10-11H,4-9,14H2,1-3H3,(H,15,16)/t10-,11+/m0/s1. The topological polar surface area (TPSA) is 55.1 Å². The molecule has 0 saturated heterocycles. The Balaban J connectivity index is 2.35. The fraction of sp³-hybridized carbons (Fsp3) is 0.923. The highest BCUT2D eigenvalue weighted by Gasteiger charge is 2.27. The maximum Gasteiger partial charge on any atom is 0.220 e. The van der Waals surface area contributed by atoms with Gasteiger partial charge in [0.15, 0.2) is 0 Å². The minimum atomic E-state index is -0.0749. The molecule has 0 aliphatic heterocycles. The summed E-state index contributed by atoms with van der Waals surface area (Å²) in [4.78, 5) is 11.9. The molecule has 0 radical (unpaired) electrons. The van der Waals surface area contributed by atoms with Crippen molar-refractivity contribution in [2.24, 2.45) is 11.7 Å². The van der Waals surface area contributed by atoms with Gasteiger partial charge in [0.2, 0.25) is 5.91 Å². The summed E-state index contributed by atoms with van der Waals surface area (Å²) in [5.74, 6) is 0.568. The number of hydrogen-bond donors (Lipinski definition) is 2. The monoisotopic (exact) mass is 226 g/mol. The van der Waals surface area contributed by atoms with Gasteiger partial charge < -0.3 is 11.1 Å². The third-order valence-electron chi connectivity index (χ3n) is 3.52. The lowest BCUT2D eigenvalue weighted by Crippen LogP contribution is -2.44. The molecule has 2 atom stereocenters. The molecule has 1 aliphatic carbocycles. The van der Waals surface area contributed by atoms with Crippen LogP contribution in [0.1, 0.15) is 59.3 Å². The molecule has 1 rings (SSSR count). The van der Waals surface area contributed by atoms with Crippen molar-refractivity contribution in [1.82, 2.24) is 5.32 Å². The van der Waals surface area contributed by atoms with E-state index in [2.05, 4.69) is 26.1 Å². The molecule has 1 amide bonds. The highest BCUT2D eigenvalue weighted by atomic mass is 16.1. The van der Waals surface area contributed by atoms with Crippen LogP contribution in [0.2, 0.25) is 0 Å². The van der Waals surface area contributed by atoms with Crippen molar-refractivity contribution in [3.05, 3.63) is 0 Å². The van der Waals surface area contributed by atoms with Crippen molar-refractivity contribution in [2.75, 3.05) is 0 Å². The average molecular weight is 226 g/mol. The highest BCUT2D eigenvalue weighted by Crippen LogP contribution is 2.27. The molecule has 0 aromatic heterocycles. The van der Waals surface area contributed by atoms with Gasteiger partial charge in [-0.15, -0.1) is 0 Å². The number of amides is 1. The number of nitrogens with two attached hydrogens (primary N) is 1. The normalized spacial score (nSPS) is 25.8. The minimum Gasteiger partial charge on any atom is -0.351 e. The molecule has 0 heterocycles. The Labute approximate surface area is 99.2 Å². The second-order valence-electron chi connectivity index (χ2n) is 5.74. The Bertz CT molecular complexity index is 238. The third-order valence-corrected chi connectivity index (χ3v) is 3.52. The quantitative estimate of drug-likeness (QED) is 0.755. The molecular weight excluding hydrogens is 200 g/mol. The predicted octanol–water partition coefficient (Wildman–Crippen LogP) is 2.20. The third kappa shape index (κ3) is 4.12. The van der Waals surface area contributed by atoms with Crippen LogP contribution in [0.3, 0.4) is 0 Å². The maximum absolute atomic E-state index is 11.9. The lowest BCUT2D eigenvalue weighted by Gasteiger charge is -2.27. The van der Waals surface area contributed by atoms with Crippen molar-refractivity contribution in [3.63, 3.8) is 0 Å². The lowest BCUT2D eigenvalue weighted by molar-refractivity contribution is -0.123. The van der Waals surface area contributed by atoms with E-state index in [4.69, 9.17) is 5.73 Å². The van der Waals surface area contributed by atoms with Crippen LogP contribution in [-0.4, -0.2) is 17.5 Å². The number of rotatable bonds is 5. The van der Waals surface area contributed by atoms with Gasteiger partial charge in [0.25, 0.3) is 0 Å². The minimum absolute atomic E-state index is 0.0749. The van der Waals surface area contributed by atoms with Gasteiger partial charge in [0.05, 0.1) is 0 Å². The Kier molecular flexibility index (Phi) is 4.78. The number of carbonyl (C=O) groups is 1. The van der Waals surface area contributed by atoms with Crippen LogP contribution in [0.4, 0.5) is 0 Å². The zero-order valence-electron chi connectivity index (χ0n) is 10.9. The van der Waals surface area contributed by atoms with Crippen molar-refractivity contribution >= 4 is 5.91 Å². The molecule has 16 heavy (non-hydrogen) atoms. The molecule has 1 saturated carbocycles. The summed E-state index contributed by atoms with van der Waals surface area (Å²) in [6.45, 7) is 6.31. The molecule has 1 fully saturated rings. The van der Waals surface area contributed by atoms with Crippen LogP contribution in [0.25, 0.3) is 0 Å². The molecule has 0 unspecified atom stereocenters. The summed E-state index contributed by atoms with van der Waals surface area (Å²) in [5.41, 5.74) is 5.89. The van der Waals surface area contributed by atoms with E-state index in [1.807, 2.05) is 0 Å². The van der Waals surface area contributed by atoms with E-state index >= 15 is 0 Å². The predicted molar refractivity (Wildman–Crippen MR) is 67.1 cm³/mol. The summed E-state index contributed by atoms with van der Waals surface area (Å²) in [6, 6.07) is 0.236. The van der Waals surface area contributed by atoms with Gasteiger partial charge in [-0.25, -0.2) is 0 Å². The number of carbonyl (C=O) groups excluding carboxylic acids is 1. The summed E-state index contributed by atoms with van der Waals surface area (Å²) in [6.07, 6.45) is 6.09. The van der Waals surface area contributed by atoms with Crippen molar-refractivity contribution < 1.29 is 4.79 Å². The summed E-state index contributed by atoms with van der Waals surface area (Å²) in [7, 11) is 0. The van der Waals surface area contributed by atoms with E-state index in [1.54, 1.807) is 0 Å². The molecule has 94 valence electrons. The van der Waals surface area contributed by atoms with Crippen LogP contribution < -0.4 is 11.1 Å². The SMILES string of the molecule is CCCC(C)(C)NC(=O)C[C@@H]1CCC[C@H]1N. The first-order valence-corrected chi connectivity index (χ1v) is 6.51. The van der Waals surface area contributed by atoms with E-state index in [0.717, 1.165) is 25.7 Å². The summed E-state index contributed by atoms with van der Waals surface area (Å²) in [5, 5.41) is 3.11.